The number of halogens is 3. The second-order valence-corrected chi connectivity index (χ2v) is 9.12. The first-order chi connectivity index (χ1) is 12.8. The van der Waals surface area contributed by atoms with Crippen molar-refractivity contribution in [1.82, 2.24) is 0 Å². The second kappa shape index (κ2) is 7.10. The van der Waals surface area contributed by atoms with Crippen LogP contribution in [0.15, 0.2) is 47.4 Å². The molecule has 3 aromatic rings. The molecular formula is C20H16F2INO2S. The van der Waals surface area contributed by atoms with Gasteiger partial charge in [-0.15, -0.1) is 0 Å². The van der Waals surface area contributed by atoms with E-state index < -0.39 is 34.6 Å². The SMILES string of the molecule is CS(=O)c1ccc2c3c(ccc2c1)O[C@H](c1cc(I)c(F)cc1F)[C@@H](N)C3. The predicted octanol–water partition coefficient (Wildman–Crippen LogP) is 4.46. The van der Waals surface area contributed by atoms with Gasteiger partial charge in [-0.05, 0) is 64.0 Å². The third-order valence-electron chi connectivity index (χ3n) is 4.82. The molecule has 0 aromatic heterocycles. The molecule has 7 heteroatoms. The quantitative estimate of drug-likeness (QED) is 0.419. The molecule has 0 saturated carbocycles. The van der Waals surface area contributed by atoms with E-state index in [1.807, 2.05) is 52.9 Å². The van der Waals surface area contributed by atoms with Gasteiger partial charge in [0.25, 0.3) is 0 Å². The van der Waals surface area contributed by atoms with Crippen LogP contribution in [0, 0.1) is 15.2 Å². The van der Waals surface area contributed by atoms with Crippen molar-refractivity contribution in [1.29, 1.82) is 0 Å². The summed E-state index contributed by atoms with van der Waals surface area (Å²) in [6.07, 6.45) is 1.45. The van der Waals surface area contributed by atoms with Crippen LogP contribution in [0.5, 0.6) is 5.75 Å². The molecule has 0 radical (unpaired) electrons. The highest BCUT2D eigenvalue weighted by Crippen LogP contribution is 2.39. The third kappa shape index (κ3) is 3.36. The van der Waals surface area contributed by atoms with Crippen molar-refractivity contribution in [2.75, 3.05) is 6.26 Å². The zero-order valence-electron chi connectivity index (χ0n) is 14.3. The highest BCUT2D eigenvalue weighted by atomic mass is 127. The lowest BCUT2D eigenvalue weighted by Crippen LogP contribution is -2.38. The molecule has 0 fully saturated rings. The maximum Gasteiger partial charge on any atom is 0.142 e. The largest absolute Gasteiger partial charge is 0.484 e. The molecule has 1 aliphatic heterocycles. The monoisotopic (exact) mass is 499 g/mol. The molecule has 140 valence electrons. The highest BCUT2D eigenvalue weighted by Gasteiger charge is 2.32. The number of hydrogen-bond donors (Lipinski definition) is 1. The minimum absolute atomic E-state index is 0.260. The molecular weight excluding hydrogens is 483 g/mol. The van der Waals surface area contributed by atoms with Gasteiger partial charge >= 0.3 is 0 Å². The summed E-state index contributed by atoms with van der Waals surface area (Å²) in [4.78, 5) is 0.754. The van der Waals surface area contributed by atoms with E-state index in [2.05, 4.69) is 0 Å². The highest BCUT2D eigenvalue weighted by molar-refractivity contribution is 14.1. The van der Waals surface area contributed by atoms with Gasteiger partial charge in [-0.2, -0.15) is 0 Å². The Morgan fingerprint density at radius 1 is 1.15 bits per heavy atom. The Hall–Kier alpha value is -1.58. The normalized spacial score (nSPS) is 20.2. The molecule has 4 rings (SSSR count). The first-order valence-electron chi connectivity index (χ1n) is 8.31. The van der Waals surface area contributed by atoms with Crippen molar-refractivity contribution in [3.05, 3.63) is 68.8 Å². The maximum absolute atomic E-state index is 14.3. The van der Waals surface area contributed by atoms with Crippen molar-refractivity contribution >= 4 is 44.2 Å². The molecule has 0 aliphatic carbocycles. The number of ether oxygens (including phenoxy) is 1. The van der Waals surface area contributed by atoms with E-state index in [9.17, 15) is 13.0 Å². The van der Waals surface area contributed by atoms with E-state index in [4.69, 9.17) is 10.5 Å². The van der Waals surface area contributed by atoms with Crippen LogP contribution in [0.3, 0.4) is 0 Å². The maximum atomic E-state index is 14.3. The van der Waals surface area contributed by atoms with Gasteiger partial charge in [0.2, 0.25) is 0 Å². The average Bonchev–Trinajstić information content (AvgIpc) is 2.64. The Kier molecular flexibility index (Phi) is 4.94. The predicted molar refractivity (Wildman–Crippen MR) is 110 cm³/mol. The van der Waals surface area contributed by atoms with E-state index in [0.717, 1.165) is 27.3 Å². The Morgan fingerprint density at radius 3 is 2.67 bits per heavy atom. The van der Waals surface area contributed by atoms with E-state index >= 15 is 0 Å². The Morgan fingerprint density at radius 2 is 1.93 bits per heavy atom. The van der Waals surface area contributed by atoms with Gasteiger partial charge in [-0.3, -0.25) is 4.21 Å². The summed E-state index contributed by atoms with van der Waals surface area (Å²) >= 11 is 1.83. The molecule has 27 heavy (non-hydrogen) atoms. The summed E-state index contributed by atoms with van der Waals surface area (Å²) in [5.74, 6) is -0.622. The molecule has 1 heterocycles. The number of rotatable bonds is 2. The Labute approximate surface area is 171 Å². The van der Waals surface area contributed by atoms with Crippen LogP contribution in [0.25, 0.3) is 10.8 Å². The second-order valence-electron chi connectivity index (χ2n) is 6.57. The Balaban J connectivity index is 1.78. The summed E-state index contributed by atoms with van der Waals surface area (Å²) in [5.41, 5.74) is 7.52. The molecule has 1 unspecified atom stereocenters. The number of hydrogen-bond acceptors (Lipinski definition) is 3. The fourth-order valence-electron chi connectivity index (χ4n) is 3.47. The van der Waals surface area contributed by atoms with Gasteiger partial charge in [0.05, 0.1) is 6.04 Å². The minimum atomic E-state index is -1.06. The van der Waals surface area contributed by atoms with Crippen molar-refractivity contribution in [2.45, 2.75) is 23.5 Å². The fraction of sp³-hybridized carbons (Fsp3) is 0.200. The Bertz CT molecular complexity index is 1090. The topological polar surface area (TPSA) is 52.3 Å². The van der Waals surface area contributed by atoms with E-state index in [1.165, 1.54) is 6.07 Å². The van der Waals surface area contributed by atoms with Crippen molar-refractivity contribution in [3.63, 3.8) is 0 Å². The fourth-order valence-corrected chi connectivity index (χ4v) is 4.51. The van der Waals surface area contributed by atoms with Gasteiger partial charge in [0.15, 0.2) is 0 Å². The van der Waals surface area contributed by atoms with Gasteiger partial charge in [0, 0.05) is 42.7 Å². The molecule has 3 aromatic carbocycles. The summed E-state index contributed by atoms with van der Waals surface area (Å²) < 4.78 is 46.0. The van der Waals surface area contributed by atoms with Crippen LogP contribution < -0.4 is 10.5 Å². The summed E-state index contributed by atoms with van der Waals surface area (Å²) in [6, 6.07) is 11.2. The van der Waals surface area contributed by atoms with Crippen molar-refractivity contribution in [2.24, 2.45) is 5.73 Å². The lowest BCUT2D eigenvalue weighted by molar-refractivity contribution is 0.150. The van der Waals surface area contributed by atoms with Gasteiger partial charge < -0.3 is 10.5 Å². The number of fused-ring (bicyclic) bond motifs is 3. The van der Waals surface area contributed by atoms with Gasteiger partial charge in [-0.1, -0.05) is 12.1 Å². The molecule has 0 amide bonds. The van der Waals surface area contributed by atoms with Crippen LogP contribution in [-0.2, 0) is 17.2 Å². The molecule has 1 aliphatic rings. The lowest BCUT2D eigenvalue weighted by Gasteiger charge is -2.32. The van der Waals surface area contributed by atoms with Gasteiger partial charge in [-0.25, -0.2) is 8.78 Å². The molecule has 3 atom stereocenters. The third-order valence-corrected chi connectivity index (χ3v) is 6.57. The first-order valence-corrected chi connectivity index (χ1v) is 10.9. The first kappa shape index (κ1) is 18.8. The standard InChI is InChI=1S/C20H16F2INO2S/c1-27(25)11-3-4-12-10(6-11)2-5-19-13(12)8-18(24)20(26-19)14-7-17(23)16(22)9-15(14)21/h2-7,9,18,20H,8,24H2,1H3/t18-,20+,27?/m0/s1. The van der Waals surface area contributed by atoms with Crippen LogP contribution in [0.4, 0.5) is 8.78 Å². The number of nitrogens with two attached hydrogens (primary N) is 1. The van der Waals surface area contributed by atoms with Crippen molar-refractivity contribution < 1.29 is 17.7 Å². The molecule has 0 bridgehead atoms. The molecule has 3 nitrogen and oxygen atoms in total. The zero-order chi connectivity index (χ0) is 19.3. The number of benzene rings is 3. The summed E-state index contributed by atoms with van der Waals surface area (Å²) in [6.45, 7) is 0. The van der Waals surface area contributed by atoms with E-state index in [1.54, 1.807) is 6.26 Å². The van der Waals surface area contributed by atoms with Crippen LogP contribution in [-0.4, -0.2) is 16.5 Å². The molecule has 0 saturated heterocycles. The summed E-state index contributed by atoms with van der Waals surface area (Å²) in [7, 11) is -1.06. The molecule has 2 N–H and O–H groups in total. The lowest BCUT2D eigenvalue weighted by atomic mass is 9.90. The zero-order valence-corrected chi connectivity index (χ0v) is 17.3. The van der Waals surface area contributed by atoms with E-state index in [0.29, 0.717) is 15.7 Å². The smallest absolute Gasteiger partial charge is 0.142 e. The van der Waals surface area contributed by atoms with Crippen LogP contribution in [0.1, 0.15) is 17.2 Å². The van der Waals surface area contributed by atoms with Crippen molar-refractivity contribution in [3.8, 4) is 5.75 Å². The average molecular weight is 499 g/mol. The molecule has 0 spiro atoms. The van der Waals surface area contributed by atoms with Crippen LogP contribution in [0.2, 0.25) is 0 Å². The summed E-state index contributed by atoms with van der Waals surface area (Å²) in [5, 5.41) is 1.93. The van der Waals surface area contributed by atoms with E-state index in [-0.39, 0.29) is 5.56 Å². The minimum Gasteiger partial charge on any atom is -0.484 e. The van der Waals surface area contributed by atoms with Crippen LogP contribution >= 0.6 is 22.6 Å². The van der Waals surface area contributed by atoms with Gasteiger partial charge in [0.1, 0.15) is 23.5 Å².